The van der Waals surface area contributed by atoms with Gasteiger partial charge in [0, 0.05) is 33.8 Å². The van der Waals surface area contributed by atoms with Crippen LogP contribution in [-0.4, -0.2) is 22.9 Å². The number of thioether (sulfide) groups is 1. The molecule has 0 spiro atoms. The second-order valence-corrected chi connectivity index (χ2v) is 8.79. The molecule has 0 aromatic heterocycles. The molecular weight excluding hydrogens is 460 g/mol. The molecule has 0 heterocycles. The van der Waals surface area contributed by atoms with Crippen LogP contribution in [0.4, 0.5) is 11.4 Å². The van der Waals surface area contributed by atoms with Gasteiger partial charge in [0.05, 0.1) is 0 Å². The Morgan fingerprint density at radius 2 is 1.43 bits per heavy atom. The summed E-state index contributed by atoms with van der Waals surface area (Å²) in [6.07, 6.45) is 1.73. The molecule has 0 aliphatic carbocycles. The number of anilines is 2. The average molecular weight is 483 g/mol. The Balaban J connectivity index is 1.53. The van der Waals surface area contributed by atoms with Crippen LogP contribution in [0.25, 0.3) is 10.8 Å². The molecule has 0 aliphatic heterocycles. The van der Waals surface area contributed by atoms with Crippen LogP contribution in [0, 0.1) is 0 Å². The average Bonchev–Trinajstić information content (AvgIpc) is 2.87. The zero-order valence-corrected chi connectivity index (χ0v) is 19.4. The minimum Gasteiger partial charge on any atom is -0.478 e. The van der Waals surface area contributed by atoms with E-state index in [1.54, 1.807) is 12.1 Å². The molecule has 4 aromatic rings. The SMILES string of the molecule is O=C(O)/C=C/C(=O)Nc1ccc(SC(C(=O)Nc2cccc3ccccc23)c2ccccc2)cc1. The van der Waals surface area contributed by atoms with E-state index in [1.807, 2.05) is 84.9 Å². The Bertz CT molecular complexity index is 1380. The van der Waals surface area contributed by atoms with Crippen LogP contribution in [-0.2, 0) is 14.4 Å². The van der Waals surface area contributed by atoms with Gasteiger partial charge in [0.2, 0.25) is 11.8 Å². The van der Waals surface area contributed by atoms with Crippen LogP contribution >= 0.6 is 11.8 Å². The molecule has 0 radical (unpaired) electrons. The molecule has 0 fully saturated rings. The summed E-state index contributed by atoms with van der Waals surface area (Å²) in [6, 6.07) is 30.3. The Hall–Kier alpha value is -4.36. The molecule has 0 saturated carbocycles. The highest BCUT2D eigenvalue weighted by atomic mass is 32.2. The lowest BCUT2D eigenvalue weighted by atomic mass is 10.1. The van der Waals surface area contributed by atoms with Crippen molar-refractivity contribution in [2.75, 3.05) is 10.6 Å². The highest BCUT2D eigenvalue weighted by Gasteiger charge is 2.22. The van der Waals surface area contributed by atoms with Crippen LogP contribution in [0.5, 0.6) is 0 Å². The molecular formula is C28H22N2O4S. The van der Waals surface area contributed by atoms with Crippen molar-refractivity contribution in [3.05, 3.63) is 115 Å². The van der Waals surface area contributed by atoms with E-state index >= 15 is 0 Å². The Morgan fingerprint density at radius 3 is 2.17 bits per heavy atom. The van der Waals surface area contributed by atoms with Crippen LogP contribution in [0.2, 0.25) is 0 Å². The lowest BCUT2D eigenvalue weighted by Gasteiger charge is -2.18. The predicted molar refractivity (Wildman–Crippen MR) is 139 cm³/mol. The van der Waals surface area contributed by atoms with Crippen molar-refractivity contribution >= 4 is 51.7 Å². The number of aliphatic carboxylic acids is 1. The van der Waals surface area contributed by atoms with E-state index in [1.165, 1.54) is 11.8 Å². The molecule has 35 heavy (non-hydrogen) atoms. The molecule has 6 nitrogen and oxygen atoms in total. The van der Waals surface area contributed by atoms with Gasteiger partial charge in [0.25, 0.3) is 0 Å². The predicted octanol–water partition coefficient (Wildman–Crippen LogP) is 5.89. The highest BCUT2D eigenvalue weighted by Crippen LogP contribution is 2.37. The maximum atomic E-state index is 13.5. The van der Waals surface area contributed by atoms with E-state index in [-0.39, 0.29) is 5.91 Å². The summed E-state index contributed by atoms with van der Waals surface area (Å²) in [7, 11) is 0. The summed E-state index contributed by atoms with van der Waals surface area (Å²) in [5.74, 6) is -1.88. The van der Waals surface area contributed by atoms with Gasteiger partial charge in [-0.1, -0.05) is 66.7 Å². The van der Waals surface area contributed by atoms with Crippen LogP contribution < -0.4 is 10.6 Å². The first-order valence-electron chi connectivity index (χ1n) is 10.8. The normalized spacial score (nSPS) is 11.8. The Kier molecular flexibility index (Phi) is 7.60. The number of hydrogen-bond donors (Lipinski definition) is 3. The molecule has 4 rings (SSSR count). The standard InChI is InChI=1S/C28H22N2O4S/c31-25(17-18-26(32)33)29-21-13-15-22(16-14-21)35-27(20-8-2-1-3-9-20)28(34)30-24-12-6-10-19-7-4-5-11-23(19)24/h1-18,27H,(H,29,31)(H,30,34)(H,32,33)/b18-17+. The number of hydrogen-bond acceptors (Lipinski definition) is 4. The van der Waals surface area contributed by atoms with Gasteiger partial charge < -0.3 is 15.7 Å². The van der Waals surface area contributed by atoms with Gasteiger partial charge in [-0.15, -0.1) is 11.8 Å². The molecule has 0 saturated heterocycles. The first-order valence-corrected chi connectivity index (χ1v) is 11.7. The van der Waals surface area contributed by atoms with E-state index in [2.05, 4.69) is 10.6 Å². The fraction of sp³-hybridized carbons (Fsp3) is 0.0357. The largest absolute Gasteiger partial charge is 0.478 e. The number of carboxylic acid groups (broad SMARTS) is 1. The maximum absolute atomic E-state index is 13.5. The lowest BCUT2D eigenvalue weighted by Crippen LogP contribution is -2.19. The number of nitrogens with one attached hydrogen (secondary N) is 2. The Labute approximate surface area is 206 Å². The van der Waals surface area contributed by atoms with Gasteiger partial charge >= 0.3 is 5.97 Å². The van der Waals surface area contributed by atoms with Crippen molar-refractivity contribution in [3.8, 4) is 0 Å². The third-order valence-corrected chi connectivity index (χ3v) is 6.41. The monoisotopic (exact) mass is 482 g/mol. The lowest BCUT2D eigenvalue weighted by molar-refractivity contribution is -0.131. The van der Waals surface area contributed by atoms with Crippen molar-refractivity contribution < 1.29 is 19.5 Å². The first kappa shape index (κ1) is 23.8. The van der Waals surface area contributed by atoms with Gasteiger partial charge in [0.15, 0.2) is 0 Å². The molecule has 3 N–H and O–H groups in total. The van der Waals surface area contributed by atoms with E-state index in [9.17, 15) is 14.4 Å². The summed E-state index contributed by atoms with van der Waals surface area (Å²) < 4.78 is 0. The van der Waals surface area contributed by atoms with Gasteiger partial charge in [-0.25, -0.2) is 4.79 Å². The van der Waals surface area contributed by atoms with Gasteiger partial charge in [-0.2, -0.15) is 0 Å². The maximum Gasteiger partial charge on any atom is 0.328 e. The van der Waals surface area contributed by atoms with Crippen LogP contribution in [0.1, 0.15) is 10.8 Å². The third kappa shape index (κ3) is 6.37. The number of carboxylic acids is 1. The van der Waals surface area contributed by atoms with E-state index in [0.717, 1.165) is 39.1 Å². The number of benzene rings is 4. The van der Waals surface area contributed by atoms with E-state index in [0.29, 0.717) is 5.69 Å². The van der Waals surface area contributed by atoms with Crippen molar-refractivity contribution in [1.29, 1.82) is 0 Å². The fourth-order valence-electron chi connectivity index (χ4n) is 3.52. The number of carbonyl (C=O) groups is 3. The summed E-state index contributed by atoms with van der Waals surface area (Å²) in [6.45, 7) is 0. The molecule has 0 bridgehead atoms. The fourth-order valence-corrected chi connectivity index (χ4v) is 4.54. The number of rotatable bonds is 8. The van der Waals surface area contributed by atoms with Crippen LogP contribution in [0.15, 0.2) is 114 Å². The Morgan fingerprint density at radius 1 is 0.743 bits per heavy atom. The van der Waals surface area contributed by atoms with E-state index in [4.69, 9.17) is 5.11 Å². The van der Waals surface area contributed by atoms with Gasteiger partial charge in [0.1, 0.15) is 5.25 Å². The smallest absolute Gasteiger partial charge is 0.328 e. The first-order chi connectivity index (χ1) is 17.0. The molecule has 4 aromatic carbocycles. The zero-order chi connectivity index (χ0) is 24.6. The summed E-state index contributed by atoms with van der Waals surface area (Å²) in [5.41, 5.74) is 2.14. The molecule has 7 heteroatoms. The van der Waals surface area contributed by atoms with Crippen LogP contribution in [0.3, 0.4) is 0 Å². The number of carbonyl (C=O) groups excluding carboxylic acids is 2. The quantitative estimate of drug-likeness (QED) is 0.215. The van der Waals surface area contributed by atoms with Gasteiger partial charge in [-0.05, 0) is 41.3 Å². The molecule has 2 amide bonds. The highest BCUT2D eigenvalue weighted by molar-refractivity contribution is 8.00. The van der Waals surface area contributed by atoms with Crippen molar-refractivity contribution in [3.63, 3.8) is 0 Å². The minimum absolute atomic E-state index is 0.145. The summed E-state index contributed by atoms with van der Waals surface area (Å²) in [4.78, 5) is 36.6. The zero-order valence-electron chi connectivity index (χ0n) is 18.5. The van der Waals surface area contributed by atoms with Crippen molar-refractivity contribution in [2.24, 2.45) is 0 Å². The molecule has 1 atom stereocenters. The molecule has 0 aliphatic rings. The number of fused-ring (bicyclic) bond motifs is 1. The van der Waals surface area contributed by atoms with Crippen molar-refractivity contribution in [1.82, 2.24) is 0 Å². The topological polar surface area (TPSA) is 95.5 Å². The van der Waals surface area contributed by atoms with Gasteiger partial charge in [-0.3, -0.25) is 9.59 Å². The molecule has 1 unspecified atom stereocenters. The number of amides is 2. The second kappa shape index (κ2) is 11.2. The minimum atomic E-state index is -1.19. The van der Waals surface area contributed by atoms with Crippen molar-refractivity contribution in [2.45, 2.75) is 10.1 Å². The van der Waals surface area contributed by atoms with E-state index < -0.39 is 17.1 Å². The summed E-state index contributed by atoms with van der Waals surface area (Å²) in [5, 5.41) is 15.8. The molecule has 174 valence electrons. The third-order valence-electron chi connectivity index (χ3n) is 5.14. The second-order valence-electron chi connectivity index (χ2n) is 7.61. The summed E-state index contributed by atoms with van der Waals surface area (Å²) >= 11 is 1.40.